The molecule has 0 unspecified atom stereocenters. The molecule has 2 rings (SSSR count). The van der Waals surface area contributed by atoms with Gasteiger partial charge in [0.1, 0.15) is 5.76 Å². The number of hydrogen-bond donors (Lipinski definition) is 2. The van der Waals surface area contributed by atoms with Crippen LogP contribution in [0.4, 0.5) is 0 Å². The molecule has 0 aliphatic heterocycles. The number of aromatic nitrogens is 2. The minimum Gasteiger partial charge on any atom is -0.364 e. The van der Waals surface area contributed by atoms with Gasteiger partial charge in [0.05, 0.1) is 12.2 Å². The Hall–Kier alpha value is -2.24. The van der Waals surface area contributed by atoms with Gasteiger partial charge in [0.2, 0.25) is 0 Å². The summed E-state index contributed by atoms with van der Waals surface area (Å²) >= 11 is 0. The van der Waals surface area contributed by atoms with Crippen LogP contribution in [-0.4, -0.2) is 41.6 Å². The highest BCUT2D eigenvalue weighted by molar-refractivity contribution is 5.79. The van der Waals surface area contributed by atoms with E-state index in [0.717, 1.165) is 42.6 Å². The lowest BCUT2D eigenvalue weighted by Crippen LogP contribution is -2.39. The van der Waals surface area contributed by atoms with Gasteiger partial charge < -0.3 is 19.7 Å². The van der Waals surface area contributed by atoms with Crippen LogP contribution in [0.25, 0.3) is 0 Å². The second kappa shape index (κ2) is 6.97. The number of H-pyrrole nitrogens is 1. The molecule has 6 nitrogen and oxygen atoms in total. The predicted octanol–water partition coefficient (Wildman–Crippen LogP) is 1.87. The van der Waals surface area contributed by atoms with Crippen molar-refractivity contribution in [2.75, 3.05) is 20.6 Å². The van der Waals surface area contributed by atoms with Gasteiger partial charge in [-0.05, 0) is 32.4 Å². The molecular formula is C15H23N5O. The molecule has 0 saturated carbocycles. The molecule has 0 atom stereocenters. The number of aliphatic imine (C=N–C) groups is 1. The van der Waals surface area contributed by atoms with Crippen molar-refractivity contribution in [1.29, 1.82) is 0 Å². The number of rotatable bonds is 5. The highest BCUT2D eigenvalue weighted by Crippen LogP contribution is 2.12. The molecule has 0 saturated heterocycles. The first kappa shape index (κ1) is 15.2. The van der Waals surface area contributed by atoms with Crippen molar-refractivity contribution in [3.63, 3.8) is 0 Å². The van der Waals surface area contributed by atoms with E-state index in [9.17, 15) is 0 Å². The van der Waals surface area contributed by atoms with Gasteiger partial charge in [-0.2, -0.15) is 0 Å². The Labute approximate surface area is 125 Å². The molecule has 0 aliphatic rings. The molecule has 21 heavy (non-hydrogen) atoms. The van der Waals surface area contributed by atoms with Crippen LogP contribution < -0.4 is 5.32 Å². The summed E-state index contributed by atoms with van der Waals surface area (Å²) in [6.45, 7) is 5.50. The van der Waals surface area contributed by atoms with E-state index in [1.165, 1.54) is 5.56 Å². The first-order valence-electron chi connectivity index (χ1n) is 7.07. The van der Waals surface area contributed by atoms with E-state index in [1.807, 2.05) is 33.2 Å². The Bertz CT molecular complexity index is 566. The summed E-state index contributed by atoms with van der Waals surface area (Å²) in [4.78, 5) is 9.59. The van der Waals surface area contributed by atoms with Crippen molar-refractivity contribution >= 4 is 5.96 Å². The van der Waals surface area contributed by atoms with Crippen LogP contribution >= 0.6 is 0 Å². The Morgan fingerprint density at radius 1 is 1.48 bits per heavy atom. The third-order valence-corrected chi connectivity index (χ3v) is 3.48. The maximum absolute atomic E-state index is 5.17. The fourth-order valence-corrected chi connectivity index (χ4v) is 2.34. The lowest BCUT2D eigenvalue weighted by molar-refractivity contribution is 0.392. The summed E-state index contributed by atoms with van der Waals surface area (Å²) in [5.41, 5.74) is 3.29. The van der Waals surface area contributed by atoms with E-state index >= 15 is 0 Å². The van der Waals surface area contributed by atoms with Gasteiger partial charge in [-0.3, -0.25) is 4.99 Å². The summed E-state index contributed by atoms with van der Waals surface area (Å²) in [7, 11) is 3.82. The smallest absolute Gasteiger partial charge is 0.193 e. The Morgan fingerprint density at radius 3 is 2.86 bits per heavy atom. The second-order valence-electron chi connectivity index (χ2n) is 5.08. The molecule has 2 aromatic rings. The second-order valence-corrected chi connectivity index (χ2v) is 5.08. The first-order valence-corrected chi connectivity index (χ1v) is 7.07. The summed E-state index contributed by atoms with van der Waals surface area (Å²) in [6.07, 6.45) is 2.80. The molecule has 2 N–H and O–H groups in total. The Balaban J connectivity index is 1.85. The van der Waals surface area contributed by atoms with E-state index in [4.69, 9.17) is 4.52 Å². The molecule has 0 radical (unpaired) electrons. The van der Waals surface area contributed by atoms with Crippen LogP contribution in [0.2, 0.25) is 0 Å². The molecule has 6 heteroatoms. The van der Waals surface area contributed by atoms with Crippen LogP contribution in [0, 0.1) is 13.8 Å². The number of guanidine groups is 1. The monoisotopic (exact) mass is 289 g/mol. The van der Waals surface area contributed by atoms with Gasteiger partial charge >= 0.3 is 0 Å². The average molecular weight is 289 g/mol. The minimum atomic E-state index is 0.790. The fourth-order valence-electron chi connectivity index (χ4n) is 2.34. The third-order valence-electron chi connectivity index (χ3n) is 3.48. The number of aryl methyl sites for hydroxylation is 2. The normalized spacial score (nSPS) is 11.7. The highest BCUT2D eigenvalue weighted by atomic mass is 16.5. The largest absolute Gasteiger partial charge is 0.364 e. The van der Waals surface area contributed by atoms with Crippen molar-refractivity contribution in [3.05, 3.63) is 41.0 Å². The number of hydrogen-bond acceptors (Lipinski definition) is 3. The molecular weight excluding hydrogens is 266 g/mol. The molecule has 2 aromatic heterocycles. The topological polar surface area (TPSA) is 69.5 Å². The summed E-state index contributed by atoms with van der Waals surface area (Å²) in [6, 6.07) is 4.06. The molecule has 0 spiro atoms. The molecule has 114 valence electrons. The standard InChI is InChI=1S/C15H23N5O/c1-11-14(12(2)21-19-11)7-9-18-15(16-3)20(4)10-13-6-5-8-17-13/h5-6,8,17H,7,9-10H2,1-4H3,(H,16,18). The summed E-state index contributed by atoms with van der Waals surface area (Å²) in [5.74, 6) is 1.76. The minimum absolute atomic E-state index is 0.790. The SMILES string of the molecule is CN=C(NCCc1c(C)noc1C)N(C)Cc1ccc[nH]1. The lowest BCUT2D eigenvalue weighted by atomic mass is 10.1. The fraction of sp³-hybridized carbons (Fsp3) is 0.467. The van der Waals surface area contributed by atoms with Crippen molar-refractivity contribution in [3.8, 4) is 0 Å². The first-order chi connectivity index (χ1) is 10.1. The van der Waals surface area contributed by atoms with Crippen LogP contribution in [0.15, 0.2) is 27.8 Å². The van der Waals surface area contributed by atoms with Gasteiger partial charge in [0.25, 0.3) is 0 Å². The maximum Gasteiger partial charge on any atom is 0.193 e. The van der Waals surface area contributed by atoms with Crippen molar-refractivity contribution < 1.29 is 4.52 Å². The van der Waals surface area contributed by atoms with Crippen LogP contribution in [0.1, 0.15) is 22.7 Å². The van der Waals surface area contributed by atoms with Gasteiger partial charge in [0, 0.05) is 38.1 Å². The average Bonchev–Trinajstić information content (AvgIpc) is 3.07. The molecule has 0 bridgehead atoms. The van der Waals surface area contributed by atoms with Crippen molar-refractivity contribution in [2.45, 2.75) is 26.8 Å². The van der Waals surface area contributed by atoms with Crippen LogP contribution in [-0.2, 0) is 13.0 Å². The zero-order valence-electron chi connectivity index (χ0n) is 13.1. The molecule has 0 aliphatic carbocycles. The van der Waals surface area contributed by atoms with Gasteiger partial charge in [0.15, 0.2) is 5.96 Å². The zero-order chi connectivity index (χ0) is 15.2. The molecule has 2 heterocycles. The number of nitrogens with one attached hydrogen (secondary N) is 2. The van der Waals surface area contributed by atoms with E-state index in [1.54, 1.807) is 7.05 Å². The van der Waals surface area contributed by atoms with E-state index in [0.29, 0.717) is 0 Å². The quantitative estimate of drug-likeness (QED) is 0.651. The Kier molecular flexibility index (Phi) is 5.03. The van der Waals surface area contributed by atoms with Crippen LogP contribution in [0.5, 0.6) is 0 Å². The number of aromatic amines is 1. The summed E-state index contributed by atoms with van der Waals surface area (Å²) < 4.78 is 5.17. The third kappa shape index (κ3) is 3.87. The lowest BCUT2D eigenvalue weighted by Gasteiger charge is -2.21. The zero-order valence-corrected chi connectivity index (χ0v) is 13.1. The van der Waals surface area contributed by atoms with Gasteiger partial charge in [-0.1, -0.05) is 5.16 Å². The molecule has 0 amide bonds. The van der Waals surface area contributed by atoms with Gasteiger partial charge in [-0.25, -0.2) is 0 Å². The van der Waals surface area contributed by atoms with Crippen molar-refractivity contribution in [1.82, 2.24) is 20.4 Å². The van der Waals surface area contributed by atoms with Gasteiger partial charge in [-0.15, -0.1) is 0 Å². The van der Waals surface area contributed by atoms with E-state index < -0.39 is 0 Å². The molecule has 0 aromatic carbocycles. The van der Waals surface area contributed by atoms with E-state index in [-0.39, 0.29) is 0 Å². The Morgan fingerprint density at radius 2 is 2.29 bits per heavy atom. The number of nitrogens with zero attached hydrogens (tertiary/aromatic N) is 3. The highest BCUT2D eigenvalue weighted by Gasteiger charge is 2.10. The summed E-state index contributed by atoms with van der Waals surface area (Å²) in [5, 5.41) is 7.34. The maximum atomic E-state index is 5.17. The van der Waals surface area contributed by atoms with Crippen LogP contribution in [0.3, 0.4) is 0 Å². The van der Waals surface area contributed by atoms with Crippen molar-refractivity contribution in [2.24, 2.45) is 4.99 Å². The predicted molar refractivity (Wildman–Crippen MR) is 83.3 cm³/mol. The van der Waals surface area contributed by atoms with E-state index in [2.05, 4.69) is 31.4 Å². The molecule has 0 fully saturated rings.